The smallest absolute Gasteiger partial charge is 0.176 e. The molecule has 2 N–H and O–H groups in total. The zero-order valence-electron chi connectivity index (χ0n) is 10.7. The molecule has 0 aromatic heterocycles. The van der Waals surface area contributed by atoms with Gasteiger partial charge in [-0.05, 0) is 11.6 Å². The lowest BCUT2D eigenvalue weighted by atomic mass is 9.96. The van der Waals surface area contributed by atoms with Crippen molar-refractivity contribution >= 4 is 23.1 Å². The number of hydrogen-bond donors (Lipinski definition) is 1. The molecule has 0 saturated carbocycles. The molecule has 1 aliphatic rings. The molecule has 1 heterocycles. The van der Waals surface area contributed by atoms with Crippen LogP contribution in [-0.4, -0.2) is 17.7 Å². The van der Waals surface area contributed by atoms with Crippen LogP contribution in [0.1, 0.15) is 16.7 Å². The molecular formula is C16H13ClN2O. The van der Waals surface area contributed by atoms with E-state index in [0.29, 0.717) is 5.02 Å². The summed E-state index contributed by atoms with van der Waals surface area (Å²) in [5.74, 6) is -0.120. The van der Waals surface area contributed by atoms with Gasteiger partial charge in [0.2, 0.25) is 0 Å². The Morgan fingerprint density at radius 2 is 1.85 bits per heavy atom. The summed E-state index contributed by atoms with van der Waals surface area (Å²) in [5, 5.41) is 0.577. The number of halogens is 1. The lowest BCUT2D eigenvalue weighted by Gasteiger charge is -2.10. The Balaban J connectivity index is 2.25. The van der Waals surface area contributed by atoms with Crippen molar-refractivity contribution in [2.45, 2.75) is 12.6 Å². The fraction of sp³-hybridized carbons (Fsp3) is 0.125. The maximum absolute atomic E-state index is 12.0. The Hall–Kier alpha value is -1.97. The molecule has 4 heteroatoms. The second-order valence-electron chi connectivity index (χ2n) is 4.70. The summed E-state index contributed by atoms with van der Waals surface area (Å²) < 4.78 is 0. The molecule has 0 radical (unpaired) electrons. The Morgan fingerprint density at radius 1 is 1.10 bits per heavy atom. The third-order valence-corrected chi connectivity index (χ3v) is 3.72. The number of benzene rings is 2. The van der Waals surface area contributed by atoms with Crippen LogP contribution in [0.5, 0.6) is 0 Å². The Bertz CT molecular complexity index is 695. The van der Waals surface area contributed by atoms with Crippen molar-refractivity contribution in [3.05, 3.63) is 70.2 Å². The Kier molecular flexibility index (Phi) is 3.38. The van der Waals surface area contributed by atoms with Gasteiger partial charge >= 0.3 is 0 Å². The molecule has 1 atom stereocenters. The number of hydrogen-bond acceptors (Lipinski definition) is 3. The quantitative estimate of drug-likeness (QED) is 0.875. The van der Waals surface area contributed by atoms with Crippen LogP contribution in [0.3, 0.4) is 0 Å². The highest BCUT2D eigenvalue weighted by atomic mass is 35.5. The number of Topliss-reactive ketones (excluding diaryl/α,β-unsaturated/α-hetero) is 1. The lowest BCUT2D eigenvalue weighted by molar-refractivity contribution is -0.119. The number of ketones is 1. The van der Waals surface area contributed by atoms with Gasteiger partial charge in [0.05, 0.1) is 5.71 Å². The van der Waals surface area contributed by atoms with Crippen molar-refractivity contribution in [3.63, 3.8) is 0 Å². The number of fused-ring (bicyclic) bond motifs is 1. The van der Waals surface area contributed by atoms with E-state index in [2.05, 4.69) is 4.99 Å². The molecule has 0 unspecified atom stereocenters. The van der Waals surface area contributed by atoms with Crippen LogP contribution < -0.4 is 5.73 Å². The third kappa shape index (κ3) is 2.26. The van der Waals surface area contributed by atoms with Crippen LogP contribution in [0.2, 0.25) is 5.02 Å². The van der Waals surface area contributed by atoms with Crippen molar-refractivity contribution in [1.29, 1.82) is 0 Å². The molecule has 0 saturated heterocycles. The highest BCUT2D eigenvalue weighted by molar-refractivity contribution is 6.32. The standard InChI is InChI=1S/C16H13ClN2O/c17-13-8-4-7-11-12(13)9-14(20)16(18)19-15(11)10-5-2-1-3-6-10/h1-8,16H,9,18H2/t16-/m0/s1. The molecular weight excluding hydrogens is 272 g/mol. The maximum atomic E-state index is 12.0. The van der Waals surface area contributed by atoms with Gasteiger partial charge in [-0.3, -0.25) is 9.79 Å². The predicted octanol–water partition coefficient (Wildman–Crippen LogP) is 2.59. The minimum Gasteiger partial charge on any atom is -0.303 e. The van der Waals surface area contributed by atoms with Crippen LogP contribution in [0.15, 0.2) is 53.5 Å². The molecule has 0 amide bonds. The summed E-state index contributed by atoms with van der Waals surface area (Å²) >= 11 is 6.23. The first-order valence-electron chi connectivity index (χ1n) is 6.36. The first-order valence-corrected chi connectivity index (χ1v) is 6.74. The van der Waals surface area contributed by atoms with Crippen LogP contribution in [-0.2, 0) is 11.2 Å². The zero-order valence-corrected chi connectivity index (χ0v) is 11.5. The minimum absolute atomic E-state index is 0.120. The molecule has 2 aromatic rings. The number of nitrogens with zero attached hydrogens (tertiary/aromatic N) is 1. The summed E-state index contributed by atoms with van der Waals surface area (Å²) in [6, 6.07) is 15.3. The molecule has 3 rings (SSSR count). The fourth-order valence-electron chi connectivity index (χ4n) is 2.35. The molecule has 3 nitrogen and oxygen atoms in total. The van der Waals surface area contributed by atoms with Crippen LogP contribution in [0.25, 0.3) is 0 Å². The largest absolute Gasteiger partial charge is 0.303 e. The van der Waals surface area contributed by atoms with E-state index in [1.807, 2.05) is 42.5 Å². The number of carbonyl (C=O) groups excluding carboxylic acids is 1. The number of nitrogens with two attached hydrogens (primary N) is 1. The van der Waals surface area contributed by atoms with E-state index >= 15 is 0 Å². The van der Waals surface area contributed by atoms with Gasteiger partial charge in [-0.1, -0.05) is 54.1 Å². The van der Waals surface area contributed by atoms with Gasteiger partial charge in [-0.2, -0.15) is 0 Å². The molecule has 100 valence electrons. The molecule has 0 bridgehead atoms. The summed E-state index contributed by atoms with van der Waals surface area (Å²) in [5.41, 5.74) is 9.19. The van der Waals surface area contributed by atoms with Gasteiger partial charge in [0.15, 0.2) is 11.9 Å². The monoisotopic (exact) mass is 284 g/mol. The van der Waals surface area contributed by atoms with E-state index in [1.54, 1.807) is 6.07 Å². The average molecular weight is 285 g/mol. The molecule has 0 aliphatic carbocycles. The molecule has 20 heavy (non-hydrogen) atoms. The topological polar surface area (TPSA) is 55.4 Å². The maximum Gasteiger partial charge on any atom is 0.176 e. The van der Waals surface area contributed by atoms with Crippen molar-refractivity contribution in [2.24, 2.45) is 10.7 Å². The third-order valence-electron chi connectivity index (χ3n) is 3.37. The molecule has 2 aromatic carbocycles. The molecule has 0 spiro atoms. The SMILES string of the molecule is N[C@H]1N=C(c2ccccc2)c2cccc(Cl)c2CC1=O. The summed E-state index contributed by atoms with van der Waals surface area (Å²) in [7, 11) is 0. The van der Waals surface area contributed by atoms with Gasteiger partial charge in [0.25, 0.3) is 0 Å². The van der Waals surface area contributed by atoms with Crippen molar-refractivity contribution < 1.29 is 4.79 Å². The van der Waals surface area contributed by atoms with E-state index in [4.69, 9.17) is 17.3 Å². The highest BCUT2D eigenvalue weighted by Crippen LogP contribution is 2.26. The van der Waals surface area contributed by atoms with Gasteiger partial charge in [-0.15, -0.1) is 0 Å². The summed E-state index contributed by atoms with van der Waals surface area (Å²) in [6.07, 6.45) is -0.621. The van der Waals surface area contributed by atoms with Gasteiger partial charge in [0.1, 0.15) is 0 Å². The van der Waals surface area contributed by atoms with E-state index in [1.165, 1.54) is 0 Å². The van der Waals surface area contributed by atoms with Crippen molar-refractivity contribution in [3.8, 4) is 0 Å². The molecule has 1 aliphatic heterocycles. The van der Waals surface area contributed by atoms with E-state index in [9.17, 15) is 4.79 Å². The van der Waals surface area contributed by atoms with Crippen LogP contribution in [0, 0.1) is 0 Å². The van der Waals surface area contributed by atoms with Crippen molar-refractivity contribution in [1.82, 2.24) is 0 Å². The Labute approximate surface area is 122 Å². The second-order valence-corrected chi connectivity index (χ2v) is 5.10. The van der Waals surface area contributed by atoms with E-state index in [-0.39, 0.29) is 12.2 Å². The Morgan fingerprint density at radius 3 is 2.60 bits per heavy atom. The minimum atomic E-state index is -0.839. The fourth-order valence-corrected chi connectivity index (χ4v) is 2.59. The van der Waals surface area contributed by atoms with Crippen molar-refractivity contribution in [2.75, 3.05) is 0 Å². The second kappa shape index (κ2) is 5.19. The highest BCUT2D eigenvalue weighted by Gasteiger charge is 2.24. The van der Waals surface area contributed by atoms with Crippen LogP contribution in [0.4, 0.5) is 0 Å². The first-order chi connectivity index (χ1) is 9.66. The van der Waals surface area contributed by atoms with Crippen LogP contribution >= 0.6 is 11.6 Å². The summed E-state index contributed by atoms with van der Waals surface area (Å²) in [4.78, 5) is 16.4. The first kappa shape index (κ1) is 13.0. The van der Waals surface area contributed by atoms with E-state index in [0.717, 1.165) is 22.4 Å². The lowest BCUT2D eigenvalue weighted by Crippen LogP contribution is -2.29. The number of aliphatic imine (C=N–C) groups is 1. The predicted molar refractivity (Wildman–Crippen MR) is 80.2 cm³/mol. The molecule has 0 fully saturated rings. The number of rotatable bonds is 1. The normalized spacial score (nSPS) is 18.2. The van der Waals surface area contributed by atoms with Gasteiger partial charge in [-0.25, -0.2) is 0 Å². The average Bonchev–Trinajstić information content (AvgIpc) is 2.59. The zero-order chi connectivity index (χ0) is 14.1. The summed E-state index contributed by atoms with van der Waals surface area (Å²) in [6.45, 7) is 0. The number of carbonyl (C=O) groups is 1. The van der Waals surface area contributed by atoms with E-state index < -0.39 is 6.17 Å². The van der Waals surface area contributed by atoms with Gasteiger partial charge < -0.3 is 5.73 Å². The van der Waals surface area contributed by atoms with Gasteiger partial charge in [0, 0.05) is 22.6 Å².